The maximum Gasteiger partial charge on any atom is 0.461 e. The molecule has 14 heteroatoms. The monoisotopic (exact) mass is 444 g/mol. The molecule has 0 fully saturated rings. The van der Waals surface area contributed by atoms with E-state index < -0.39 is 52.1 Å². The molecule has 31 heavy (non-hydrogen) atoms. The highest BCUT2D eigenvalue weighted by Crippen LogP contribution is 2.32. The fourth-order valence-electron chi connectivity index (χ4n) is 2.04. The van der Waals surface area contributed by atoms with E-state index in [0.29, 0.717) is 0 Å². The Morgan fingerprint density at radius 1 is 1.16 bits per heavy atom. The quantitative estimate of drug-likeness (QED) is 0.197. The Labute approximate surface area is 170 Å². The zero-order chi connectivity index (χ0) is 23.2. The molecule has 2 rings (SSSR count). The van der Waals surface area contributed by atoms with Crippen molar-refractivity contribution < 1.29 is 41.9 Å². The van der Waals surface area contributed by atoms with Gasteiger partial charge in [-0.1, -0.05) is 18.2 Å². The summed E-state index contributed by atoms with van der Waals surface area (Å²) in [4.78, 5) is 33.6. The standard InChI is InChI=1S/C17H12F4N4O6/c18-16(19)17(20,21)31-12-7-2-1-5-10(12)23-14(27)15(28)24-22-8-9-4-3-6-11(13(9)26)25(29)30/h1-8,16,26H,(H,23,27)(H,24,28)/b22-8+. The SMILES string of the molecule is O=C(N/N=C/c1cccc([N+](=O)[O-])c1O)C(=O)Nc1ccccc1OC(F)(F)C(F)F. The normalized spacial score (nSPS) is 11.4. The molecule has 0 aliphatic carbocycles. The second-order valence-electron chi connectivity index (χ2n) is 5.59. The first-order chi connectivity index (χ1) is 14.5. The number of nitrogens with one attached hydrogen (secondary N) is 2. The number of nitro benzene ring substituents is 1. The molecular formula is C17H12F4N4O6. The van der Waals surface area contributed by atoms with Gasteiger partial charge < -0.3 is 15.2 Å². The Bertz CT molecular complexity index is 1030. The van der Waals surface area contributed by atoms with E-state index in [-0.39, 0.29) is 5.56 Å². The van der Waals surface area contributed by atoms with Crippen LogP contribution in [0.2, 0.25) is 0 Å². The van der Waals surface area contributed by atoms with E-state index in [1.54, 1.807) is 5.43 Å². The van der Waals surface area contributed by atoms with Gasteiger partial charge in [-0.2, -0.15) is 22.7 Å². The van der Waals surface area contributed by atoms with Crippen molar-refractivity contribution in [3.05, 3.63) is 58.1 Å². The van der Waals surface area contributed by atoms with Gasteiger partial charge in [0.25, 0.3) is 0 Å². The van der Waals surface area contributed by atoms with Crippen LogP contribution in [0.25, 0.3) is 0 Å². The van der Waals surface area contributed by atoms with E-state index >= 15 is 0 Å². The molecule has 164 valence electrons. The smallest absolute Gasteiger partial charge is 0.461 e. The van der Waals surface area contributed by atoms with Gasteiger partial charge in [0.15, 0.2) is 0 Å². The van der Waals surface area contributed by atoms with Crippen molar-refractivity contribution >= 4 is 29.4 Å². The maximum atomic E-state index is 13.1. The number of aromatic hydroxyl groups is 1. The third-order valence-corrected chi connectivity index (χ3v) is 3.45. The molecule has 0 spiro atoms. The number of amides is 2. The summed E-state index contributed by atoms with van der Waals surface area (Å²) in [5, 5.41) is 25.7. The van der Waals surface area contributed by atoms with Crippen LogP contribution in [-0.4, -0.2) is 40.6 Å². The van der Waals surface area contributed by atoms with Crippen LogP contribution in [0.4, 0.5) is 28.9 Å². The summed E-state index contributed by atoms with van der Waals surface area (Å²) >= 11 is 0. The fourth-order valence-corrected chi connectivity index (χ4v) is 2.04. The van der Waals surface area contributed by atoms with Crippen LogP contribution in [0.3, 0.4) is 0 Å². The molecular weight excluding hydrogens is 432 g/mol. The van der Waals surface area contributed by atoms with Crippen molar-refractivity contribution in [2.75, 3.05) is 5.32 Å². The number of rotatable bonds is 7. The molecule has 0 aliphatic heterocycles. The van der Waals surface area contributed by atoms with Gasteiger partial charge in [-0.25, -0.2) is 5.43 Å². The summed E-state index contributed by atoms with van der Waals surface area (Å²) in [7, 11) is 0. The first-order valence-corrected chi connectivity index (χ1v) is 8.07. The zero-order valence-electron chi connectivity index (χ0n) is 15.1. The lowest BCUT2D eigenvalue weighted by Gasteiger charge is -2.19. The highest BCUT2D eigenvalue weighted by atomic mass is 19.3. The summed E-state index contributed by atoms with van der Waals surface area (Å²) in [6.45, 7) is 0. The number of hydrazone groups is 1. The predicted molar refractivity (Wildman–Crippen MR) is 97.1 cm³/mol. The number of halogens is 4. The number of phenolic OH excluding ortho intramolecular Hbond substituents is 1. The number of nitro groups is 1. The van der Waals surface area contributed by atoms with Crippen LogP contribution in [0.1, 0.15) is 5.56 Å². The van der Waals surface area contributed by atoms with Gasteiger partial charge >= 0.3 is 30.0 Å². The molecule has 3 N–H and O–H groups in total. The fraction of sp³-hybridized carbons (Fsp3) is 0.118. The molecule has 0 aromatic heterocycles. The Kier molecular flexibility index (Phi) is 7.07. The topological polar surface area (TPSA) is 143 Å². The third-order valence-electron chi connectivity index (χ3n) is 3.45. The van der Waals surface area contributed by atoms with Gasteiger partial charge in [0, 0.05) is 11.6 Å². The van der Waals surface area contributed by atoms with Crippen LogP contribution in [0.15, 0.2) is 47.6 Å². The number of hydrogen-bond donors (Lipinski definition) is 3. The van der Waals surface area contributed by atoms with Gasteiger partial charge in [-0.05, 0) is 18.2 Å². The van der Waals surface area contributed by atoms with Crippen LogP contribution in [-0.2, 0) is 9.59 Å². The molecule has 0 saturated carbocycles. The number of nitrogens with zero attached hydrogens (tertiary/aromatic N) is 2. The summed E-state index contributed by atoms with van der Waals surface area (Å²) in [5.41, 5.74) is 0.474. The lowest BCUT2D eigenvalue weighted by atomic mass is 10.2. The van der Waals surface area contributed by atoms with Crippen molar-refractivity contribution in [2.45, 2.75) is 12.5 Å². The van der Waals surface area contributed by atoms with Crippen LogP contribution >= 0.6 is 0 Å². The number of para-hydroxylation sites is 3. The van der Waals surface area contributed by atoms with Gasteiger partial charge in [-0.3, -0.25) is 19.7 Å². The van der Waals surface area contributed by atoms with Crippen molar-refractivity contribution in [1.29, 1.82) is 0 Å². The average Bonchev–Trinajstić information content (AvgIpc) is 2.70. The van der Waals surface area contributed by atoms with Gasteiger partial charge in [-0.15, -0.1) is 0 Å². The second-order valence-corrected chi connectivity index (χ2v) is 5.59. The van der Waals surface area contributed by atoms with E-state index in [9.17, 15) is 42.4 Å². The minimum Gasteiger partial charge on any atom is -0.502 e. The van der Waals surface area contributed by atoms with E-state index in [0.717, 1.165) is 24.4 Å². The van der Waals surface area contributed by atoms with E-state index in [4.69, 9.17) is 0 Å². The van der Waals surface area contributed by atoms with E-state index in [1.165, 1.54) is 24.3 Å². The van der Waals surface area contributed by atoms with Crippen LogP contribution < -0.4 is 15.5 Å². The van der Waals surface area contributed by atoms with E-state index in [1.807, 2.05) is 5.32 Å². The molecule has 0 heterocycles. The molecule has 2 aromatic carbocycles. The van der Waals surface area contributed by atoms with Crippen LogP contribution in [0.5, 0.6) is 11.5 Å². The number of carbonyl (C=O) groups excluding carboxylic acids is 2. The first kappa shape index (κ1) is 23.1. The molecule has 2 aromatic rings. The van der Waals surface area contributed by atoms with Crippen molar-refractivity contribution in [3.63, 3.8) is 0 Å². The minimum atomic E-state index is -4.84. The number of carbonyl (C=O) groups is 2. The number of phenols is 1. The van der Waals surface area contributed by atoms with Gasteiger partial charge in [0.1, 0.15) is 5.75 Å². The Hall–Kier alpha value is -4.23. The molecule has 0 radical (unpaired) electrons. The summed E-state index contributed by atoms with van der Waals surface area (Å²) in [5.74, 6) is -4.38. The van der Waals surface area contributed by atoms with Gasteiger partial charge in [0.2, 0.25) is 5.75 Å². The molecule has 10 nitrogen and oxygen atoms in total. The number of ether oxygens (including phenoxy) is 1. The van der Waals surface area contributed by atoms with Crippen LogP contribution in [0, 0.1) is 10.1 Å². The lowest BCUT2D eigenvalue weighted by molar-refractivity contribution is -0.385. The second kappa shape index (κ2) is 9.51. The van der Waals surface area contributed by atoms with Gasteiger partial charge in [0.05, 0.1) is 16.8 Å². The predicted octanol–water partition coefficient (Wildman–Crippen LogP) is 2.63. The van der Waals surface area contributed by atoms with Crippen molar-refractivity contribution in [1.82, 2.24) is 5.43 Å². The number of benzene rings is 2. The highest BCUT2D eigenvalue weighted by Gasteiger charge is 2.44. The largest absolute Gasteiger partial charge is 0.502 e. The first-order valence-electron chi connectivity index (χ1n) is 8.07. The molecule has 2 amide bonds. The molecule has 0 atom stereocenters. The zero-order valence-corrected chi connectivity index (χ0v) is 15.1. The Morgan fingerprint density at radius 3 is 2.48 bits per heavy atom. The van der Waals surface area contributed by atoms with Crippen molar-refractivity contribution in [2.24, 2.45) is 5.10 Å². The molecule has 0 aliphatic rings. The Balaban J connectivity index is 2.06. The number of alkyl halides is 4. The summed E-state index contributed by atoms with van der Waals surface area (Å²) < 4.78 is 54.7. The third kappa shape index (κ3) is 5.88. The number of anilines is 1. The molecule has 0 bridgehead atoms. The number of hydrogen-bond acceptors (Lipinski definition) is 7. The lowest BCUT2D eigenvalue weighted by Crippen LogP contribution is -2.35. The Morgan fingerprint density at radius 2 is 1.84 bits per heavy atom. The molecule has 0 saturated heterocycles. The summed E-state index contributed by atoms with van der Waals surface area (Å²) in [6, 6.07) is 7.80. The minimum absolute atomic E-state index is 0.150. The van der Waals surface area contributed by atoms with E-state index in [2.05, 4.69) is 9.84 Å². The molecule has 0 unspecified atom stereocenters. The highest BCUT2D eigenvalue weighted by molar-refractivity contribution is 6.39. The average molecular weight is 444 g/mol. The maximum absolute atomic E-state index is 13.1. The summed E-state index contributed by atoms with van der Waals surface area (Å²) in [6.07, 6.45) is -8.17. The van der Waals surface area contributed by atoms with Crippen molar-refractivity contribution in [3.8, 4) is 11.5 Å².